The van der Waals surface area contributed by atoms with Gasteiger partial charge in [-0.25, -0.2) is 14.1 Å². The Balaban J connectivity index is 1.03. The molecular weight excluding hydrogens is 757 g/mol. The minimum atomic E-state index is -1.59. The number of benzene rings is 2. The first-order chi connectivity index (χ1) is 27.9. The number of fused-ring (bicyclic) bond motifs is 2. The van der Waals surface area contributed by atoms with Crippen LogP contribution in [0.4, 0.5) is 14.9 Å². The molecule has 0 aromatic heterocycles. The summed E-state index contributed by atoms with van der Waals surface area (Å²) in [5, 5.41) is 8.12. The summed E-state index contributed by atoms with van der Waals surface area (Å²) >= 11 is 0. The van der Waals surface area contributed by atoms with Crippen LogP contribution in [-0.2, 0) is 66.3 Å². The average molecular weight is 810 g/mol. The Morgan fingerprint density at radius 1 is 0.931 bits per heavy atom. The summed E-state index contributed by atoms with van der Waals surface area (Å²) in [6.07, 6.45) is 2.44. The maximum absolute atomic E-state index is 13.9. The largest absolute Gasteiger partial charge is 0.427 e. The molecule has 5 rings (SSSR count). The third kappa shape index (κ3) is 11.9. The van der Waals surface area contributed by atoms with Gasteiger partial charge in [-0.05, 0) is 61.6 Å². The molecule has 2 fully saturated rings. The van der Waals surface area contributed by atoms with Crippen LogP contribution in [0.3, 0.4) is 0 Å². The summed E-state index contributed by atoms with van der Waals surface area (Å²) in [7, 11) is 0. The van der Waals surface area contributed by atoms with Gasteiger partial charge in [0.15, 0.2) is 5.78 Å². The Morgan fingerprint density at radius 3 is 2.28 bits per heavy atom. The second kappa shape index (κ2) is 20.9. The Labute approximate surface area is 336 Å². The normalized spacial score (nSPS) is 17.7. The fourth-order valence-electron chi connectivity index (χ4n) is 6.94. The number of Topliss-reactive ketones (excluding diaryl/α,β-unsaturated/α-hetero) is 1. The van der Waals surface area contributed by atoms with Crippen LogP contribution in [0.2, 0.25) is 0 Å². The van der Waals surface area contributed by atoms with Crippen molar-refractivity contribution in [3.63, 3.8) is 0 Å². The van der Waals surface area contributed by atoms with E-state index in [0.717, 1.165) is 29.7 Å². The fraction of sp³-hybridized carbons (Fsp3) is 0.537. The molecule has 0 radical (unpaired) electrons. The number of ketones is 1. The van der Waals surface area contributed by atoms with Gasteiger partial charge in [-0.2, -0.15) is 0 Å². The number of imide groups is 1. The van der Waals surface area contributed by atoms with E-state index < -0.39 is 47.8 Å². The molecule has 3 N–H and O–H groups in total. The lowest BCUT2D eigenvalue weighted by atomic mass is 9.82. The SMILES string of the molecule is CC(=O)Nc1ccc2c(c1)CC[C@@]21OC(=O)N(CC(=O)N(Cc2ccc(F)cc2)[C@@H](C)CNC(=O)CCC(=O)NCCOCCOCCOCC(=O)C2CCC2)C1=O. The molecule has 6 amide bonds. The minimum absolute atomic E-state index is 0.0132. The smallest absolute Gasteiger partial charge is 0.418 e. The number of carbonyl (C=O) groups excluding carboxylic acids is 7. The van der Waals surface area contributed by atoms with E-state index in [1.165, 1.54) is 36.1 Å². The van der Waals surface area contributed by atoms with Gasteiger partial charge in [0.25, 0.3) is 5.91 Å². The zero-order valence-electron chi connectivity index (χ0n) is 33.0. The number of ether oxygens (including phenoxy) is 4. The molecule has 2 aromatic carbocycles. The molecule has 314 valence electrons. The Bertz CT molecular complexity index is 1820. The molecule has 1 saturated carbocycles. The summed E-state index contributed by atoms with van der Waals surface area (Å²) in [5.74, 6) is -2.47. The van der Waals surface area contributed by atoms with E-state index in [0.29, 0.717) is 49.7 Å². The number of nitrogens with one attached hydrogen (secondary N) is 3. The van der Waals surface area contributed by atoms with Gasteiger partial charge in [0.05, 0.1) is 33.0 Å². The molecule has 2 aliphatic carbocycles. The minimum Gasteiger partial charge on any atom is -0.427 e. The number of rotatable bonds is 23. The van der Waals surface area contributed by atoms with Gasteiger partial charge in [-0.1, -0.05) is 24.6 Å². The quantitative estimate of drug-likeness (QED) is 0.140. The highest BCUT2D eigenvalue weighted by atomic mass is 19.1. The number of aryl methyl sites for hydroxylation is 1. The highest BCUT2D eigenvalue weighted by molar-refractivity contribution is 6.06. The van der Waals surface area contributed by atoms with Crippen LogP contribution in [0.25, 0.3) is 0 Å². The van der Waals surface area contributed by atoms with E-state index in [1.54, 1.807) is 25.1 Å². The average Bonchev–Trinajstić information content (AvgIpc) is 3.64. The number of halogens is 1. The van der Waals surface area contributed by atoms with Gasteiger partial charge >= 0.3 is 6.09 Å². The molecule has 17 heteroatoms. The van der Waals surface area contributed by atoms with Crippen molar-refractivity contribution in [2.75, 3.05) is 64.6 Å². The summed E-state index contributed by atoms with van der Waals surface area (Å²) in [6, 6.07) is 9.84. The van der Waals surface area contributed by atoms with Crippen LogP contribution in [0, 0.1) is 11.7 Å². The van der Waals surface area contributed by atoms with Gasteiger partial charge in [0.1, 0.15) is 19.0 Å². The third-order valence-corrected chi connectivity index (χ3v) is 10.4. The van der Waals surface area contributed by atoms with Crippen molar-refractivity contribution in [3.05, 3.63) is 65.0 Å². The molecule has 2 aromatic rings. The molecule has 58 heavy (non-hydrogen) atoms. The molecule has 1 heterocycles. The predicted molar refractivity (Wildman–Crippen MR) is 205 cm³/mol. The van der Waals surface area contributed by atoms with Gasteiger partial charge in [-0.3, -0.25) is 28.8 Å². The zero-order valence-corrected chi connectivity index (χ0v) is 33.0. The van der Waals surface area contributed by atoms with Crippen molar-refractivity contribution in [2.24, 2.45) is 5.92 Å². The lowest BCUT2D eigenvalue weighted by molar-refractivity contribution is -0.143. The van der Waals surface area contributed by atoms with Crippen molar-refractivity contribution in [1.29, 1.82) is 0 Å². The van der Waals surface area contributed by atoms with Crippen LogP contribution in [0.15, 0.2) is 42.5 Å². The Kier molecular flexibility index (Phi) is 15.8. The molecular formula is C41H52FN5O11. The third-order valence-electron chi connectivity index (χ3n) is 10.4. The second-order valence-corrected chi connectivity index (χ2v) is 14.7. The van der Waals surface area contributed by atoms with Gasteiger partial charge in [0, 0.05) is 69.0 Å². The first-order valence-electron chi connectivity index (χ1n) is 19.7. The van der Waals surface area contributed by atoms with Crippen molar-refractivity contribution < 1.29 is 56.9 Å². The predicted octanol–water partition coefficient (Wildman–Crippen LogP) is 2.75. The summed E-state index contributed by atoms with van der Waals surface area (Å²) in [5.41, 5.74) is 0.751. The van der Waals surface area contributed by atoms with Crippen molar-refractivity contribution in [1.82, 2.24) is 20.4 Å². The molecule has 1 saturated heterocycles. The number of carbonyl (C=O) groups is 7. The fourth-order valence-corrected chi connectivity index (χ4v) is 6.94. The van der Waals surface area contributed by atoms with Crippen LogP contribution >= 0.6 is 0 Å². The van der Waals surface area contributed by atoms with E-state index in [1.807, 2.05) is 0 Å². The maximum Gasteiger partial charge on any atom is 0.418 e. The Hall–Kier alpha value is -5.26. The van der Waals surface area contributed by atoms with Crippen LogP contribution in [0.5, 0.6) is 0 Å². The topological polar surface area (TPSA) is 199 Å². The van der Waals surface area contributed by atoms with E-state index >= 15 is 0 Å². The molecule has 1 spiro atoms. The van der Waals surface area contributed by atoms with E-state index in [2.05, 4.69) is 16.0 Å². The van der Waals surface area contributed by atoms with Gasteiger partial charge < -0.3 is 39.8 Å². The second-order valence-electron chi connectivity index (χ2n) is 14.7. The summed E-state index contributed by atoms with van der Waals surface area (Å²) in [4.78, 5) is 91.3. The van der Waals surface area contributed by atoms with E-state index in [4.69, 9.17) is 18.9 Å². The monoisotopic (exact) mass is 809 g/mol. The number of amides is 6. The molecule has 1 aliphatic heterocycles. The summed E-state index contributed by atoms with van der Waals surface area (Å²) in [6.45, 7) is 4.33. The number of hydrogen-bond donors (Lipinski definition) is 3. The molecule has 16 nitrogen and oxygen atoms in total. The summed E-state index contributed by atoms with van der Waals surface area (Å²) < 4.78 is 35.6. The lowest BCUT2D eigenvalue weighted by Crippen LogP contribution is -2.50. The molecule has 2 atom stereocenters. The van der Waals surface area contributed by atoms with Gasteiger partial charge in [0.2, 0.25) is 29.2 Å². The van der Waals surface area contributed by atoms with Crippen molar-refractivity contribution in [3.8, 4) is 0 Å². The van der Waals surface area contributed by atoms with Crippen molar-refractivity contribution in [2.45, 2.75) is 77.0 Å². The first-order valence-corrected chi connectivity index (χ1v) is 19.7. The maximum atomic E-state index is 13.9. The molecule has 3 aliphatic rings. The highest BCUT2D eigenvalue weighted by Gasteiger charge is 2.58. The van der Waals surface area contributed by atoms with Crippen LogP contribution in [-0.4, -0.2) is 117 Å². The first kappa shape index (κ1) is 43.9. The number of nitrogens with zero attached hydrogens (tertiary/aromatic N) is 2. The zero-order chi connectivity index (χ0) is 41.7. The van der Waals surface area contributed by atoms with Crippen LogP contribution in [0.1, 0.15) is 69.1 Å². The highest BCUT2D eigenvalue weighted by Crippen LogP contribution is 2.46. The lowest BCUT2D eigenvalue weighted by Gasteiger charge is -2.31. The van der Waals surface area contributed by atoms with Crippen molar-refractivity contribution >= 4 is 47.1 Å². The van der Waals surface area contributed by atoms with E-state index in [9.17, 15) is 38.0 Å². The van der Waals surface area contributed by atoms with E-state index in [-0.39, 0.29) is 75.6 Å². The number of anilines is 1. The van der Waals surface area contributed by atoms with Crippen LogP contribution < -0.4 is 16.0 Å². The molecule has 0 unspecified atom stereocenters. The standard InChI is InChI=1S/C41H52FN5O11/c1-27(23-44-37(51)13-12-36(50)43-16-17-55-18-19-56-20-21-57-26-35(49)30-4-3-5-30)46(24-29-6-8-32(42)9-7-29)38(52)25-47-39(53)41(58-40(47)54)15-14-31-22-33(45-28(2)48)10-11-34(31)41/h6-11,22,27,30H,3-5,12-21,23-26H2,1-2H3,(H,43,50)(H,44,51)(H,45,48)/t27-,41+/m0/s1. The van der Waals surface area contributed by atoms with Gasteiger partial charge in [-0.15, -0.1) is 0 Å². The Morgan fingerprint density at radius 2 is 1.60 bits per heavy atom. The number of hydrogen-bond acceptors (Lipinski definition) is 11. The molecule has 0 bridgehead atoms.